The largest absolute Gasteiger partial charge is 0.433 e. The number of amides is 4. The number of nitrogens with one attached hydrogen (secondary N) is 3. The van der Waals surface area contributed by atoms with E-state index in [0.29, 0.717) is 37.6 Å². The van der Waals surface area contributed by atoms with Crippen LogP contribution in [0.3, 0.4) is 0 Å². The molecule has 218 valence electrons. The van der Waals surface area contributed by atoms with E-state index in [4.69, 9.17) is 21.1 Å². The van der Waals surface area contributed by atoms with Crippen LogP contribution in [0.1, 0.15) is 75.6 Å². The van der Waals surface area contributed by atoms with E-state index in [1.165, 1.54) is 49.3 Å². The van der Waals surface area contributed by atoms with E-state index in [0.717, 1.165) is 12.8 Å². The number of hydrogen-bond acceptors (Lipinski definition) is 7. The van der Waals surface area contributed by atoms with E-state index < -0.39 is 42.2 Å². The van der Waals surface area contributed by atoms with Crippen molar-refractivity contribution in [1.82, 2.24) is 15.5 Å². The zero-order chi connectivity index (χ0) is 28.8. The summed E-state index contributed by atoms with van der Waals surface area (Å²) in [6, 6.07) is 2.15. The number of rotatable bonds is 9. The number of likely N-dealkylation sites (tertiary alicyclic amines) is 1. The van der Waals surface area contributed by atoms with Crippen molar-refractivity contribution < 1.29 is 33.4 Å². The molecule has 2 aliphatic heterocycles. The first kappa shape index (κ1) is 29.8. The Morgan fingerprint density at radius 1 is 1.12 bits per heavy atom. The predicted molar refractivity (Wildman–Crippen MR) is 146 cm³/mol. The van der Waals surface area contributed by atoms with Gasteiger partial charge >= 0.3 is 5.97 Å². The van der Waals surface area contributed by atoms with Gasteiger partial charge in [-0.25, -0.2) is 0 Å². The third kappa shape index (κ3) is 7.51. The standard InChI is InChI=1S/C28H37ClN4O7/c1-16(30-25(36)19-10-11-21(20(29)13-19)31-17(2)34)27(38)33-12-6-9-23(33)26(37)32-22-14-24(35)40-28(22)39-15-18-7-4-3-5-8-18/h10-11,13,16,18,22-23,28H,3-9,12,14-15H2,1-2H3,(H,30,36)(H,31,34)(H,32,37). The molecule has 0 radical (unpaired) electrons. The Kier molecular flexibility index (Phi) is 10.0. The second kappa shape index (κ2) is 13.5. The Morgan fingerprint density at radius 3 is 2.58 bits per heavy atom. The zero-order valence-electron chi connectivity index (χ0n) is 22.9. The topological polar surface area (TPSA) is 143 Å². The summed E-state index contributed by atoms with van der Waals surface area (Å²) in [6.45, 7) is 3.76. The predicted octanol–water partition coefficient (Wildman–Crippen LogP) is 2.76. The Bertz CT molecular complexity index is 1140. The van der Waals surface area contributed by atoms with Gasteiger partial charge in [0, 0.05) is 19.0 Å². The first-order valence-electron chi connectivity index (χ1n) is 13.9. The maximum Gasteiger partial charge on any atom is 0.310 e. The van der Waals surface area contributed by atoms with Crippen molar-refractivity contribution in [1.29, 1.82) is 0 Å². The van der Waals surface area contributed by atoms with E-state index in [9.17, 15) is 24.0 Å². The molecule has 4 atom stereocenters. The molecule has 0 bridgehead atoms. The van der Waals surface area contributed by atoms with Crippen molar-refractivity contribution in [2.75, 3.05) is 18.5 Å². The molecule has 4 amide bonds. The molecule has 1 aliphatic carbocycles. The number of benzene rings is 1. The molecule has 3 N–H and O–H groups in total. The number of esters is 1. The maximum atomic E-state index is 13.3. The molecule has 0 spiro atoms. The molecule has 40 heavy (non-hydrogen) atoms. The van der Waals surface area contributed by atoms with Gasteiger partial charge in [0.25, 0.3) is 5.91 Å². The highest BCUT2D eigenvalue weighted by Crippen LogP contribution is 2.27. The van der Waals surface area contributed by atoms with Crippen LogP contribution in [0.15, 0.2) is 18.2 Å². The molecule has 4 rings (SSSR count). The van der Waals surface area contributed by atoms with Crippen LogP contribution < -0.4 is 16.0 Å². The summed E-state index contributed by atoms with van der Waals surface area (Å²) < 4.78 is 11.2. The molecule has 0 aromatic heterocycles. The lowest BCUT2D eigenvalue weighted by atomic mass is 9.90. The highest BCUT2D eigenvalue weighted by molar-refractivity contribution is 6.34. The van der Waals surface area contributed by atoms with Gasteiger partial charge in [-0.2, -0.15) is 0 Å². The van der Waals surface area contributed by atoms with E-state index >= 15 is 0 Å². The van der Waals surface area contributed by atoms with E-state index in [1.54, 1.807) is 6.92 Å². The van der Waals surface area contributed by atoms with Gasteiger partial charge in [-0.05, 0) is 56.7 Å². The lowest BCUT2D eigenvalue weighted by Crippen LogP contribution is -2.54. The molecule has 4 unspecified atom stereocenters. The number of halogens is 1. The maximum absolute atomic E-state index is 13.3. The van der Waals surface area contributed by atoms with Crippen molar-refractivity contribution >= 4 is 46.9 Å². The number of hydrogen-bond donors (Lipinski definition) is 3. The second-order valence-electron chi connectivity index (χ2n) is 10.8. The number of anilines is 1. The number of ether oxygens (including phenoxy) is 2. The summed E-state index contributed by atoms with van der Waals surface area (Å²) in [5.41, 5.74) is 0.594. The molecule has 1 saturated carbocycles. The SMILES string of the molecule is CC(=O)Nc1ccc(C(=O)NC(C)C(=O)N2CCCC2C(=O)NC2CC(=O)OC2OCC2CCCCC2)cc1Cl. The molecule has 11 nitrogen and oxygen atoms in total. The minimum Gasteiger partial charge on any atom is -0.433 e. The smallest absolute Gasteiger partial charge is 0.310 e. The molecule has 1 aromatic carbocycles. The molecule has 12 heteroatoms. The van der Waals surface area contributed by atoms with Crippen molar-refractivity contribution in [2.45, 2.75) is 89.6 Å². The number of nitrogens with zero attached hydrogens (tertiary/aromatic N) is 1. The van der Waals surface area contributed by atoms with Gasteiger partial charge in [-0.3, -0.25) is 24.0 Å². The molecular weight excluding hydrogens is 540 g/mol. The van der Waals surface area contributed by atoms with E-state index in [1.807, 2.05) is 0 Å². The molecule has 3 fully saturated rings. The molecule has 2 heterocycles. The summed E-state index contributed by atoms with van der Waals surface area (Å²) in [6.07, 6.45) is 6.00. The fourth-order valence-corrected chi connectivity index (χ4v) is 5.74. The van der Waals surface area contributed by atoms with Crippen LogP contribution in [-0.2, 0) is 28.7 Å². The Labute approximate surface area is 238 Å². The summed E-state index contributed by atoms with van der Waals surface area (Å²) in [5.74, 6) is -1.58. The van der Waals surface area contributed by atoms with E-state index in [2.05, 4.69) is 16.0 Å². The van der Waals surface area contributed by atoms with Crippen molar-refractivity contribution in [3.05, 3.63) is 28.8 Å². The van der Waals surface area contributed by atoms with Crippen molar-refractivity contribution in [3.63, 3.8) is 0 Å². The minimum atomic E-state index is -0.905. The second-order valence-corrected chi connectivity index (χ2v) is 11.2. The lowest BCUT2D eigenvalue weighted by molar-refractivity contribution is -0.168. The average molecular weight is 577 g/mol. The van der Waals surface area contributed by atoms with Gasteiger partial charge in [0.2, 0.25) is 24.0 Å². The van der Waals surface area contributed by atoms with Crippen LogP contribution >= 0.6 is 11.6 Å². The third-order valence-electron chi connectivity index (χ3n) is 7.61. The molecule has 3 aliphatic rings. The summed E-state index contributed by atoms with van der Waals surface area (Å²) >= 11 is 6.17. The van der Waals surface area contributed by atoms with Crippen LogP contribution in [0.4, 0.5) is 5.69 Å². The Balaban J connectivity index is 1.32. The highest BCUT2D eigenvalue weighted by atomic mass is 35.5. The molecule has 2 saturated heterocycles. The summed E-state index contributed by atoms with van der Waals surface area (Å²) in [5, 5.41) is 8.29. The lowest BCUT2D eigenvalue weighted by Gasteiger charge is -2.29. The first-order valence-corrected chi connectivity index (χ1v) is 14.3. The van der Waals surface area contributed by atoms with Gasteiger partial charge in [-0.1, -0.05) is 30.9 Å². The molecule has 1 aromatic rings. The van der Waals surface area contributed by atoms with Crippen LogP contribution in [-0.4, -0.2) is 72.1 Å². The quantitative estimate of drug-likeness (QED) is 0.384. The number of carbonyl (C=O) groups excluding carboxylic acids is 5. The van der Waals surface area contributed by atoms with Gasteiger partial charge in [0.05, 0.1) is 23.7 Å². The zero-order valence-corrected chi connectivity index (χ0v) is 23.6. The van der Waals surface area contributed by atoms with Gasteiger partial charge in [0.15, 0.2) is 0 Å². The van der Waals surface area contributed by atoms with Gasteiger partial charge in [-0.15, -0.1) is 0 Å². The van der Waals surface area contributed by atoms with Gasteiger partial charge in [0.1, 0.15) is 18.1 Å². The average Bonchev–Trinajstić information content (AvgIpc) is 3.55. The van der Waals surface area contributed by atoms with Crippen molar-refractivity contribution in [3.8, 4) is 0 Å². The Morgan fingerprint density at radius 2 is 1.88 bits per heavy atom. The first-order chi connectivity index (χ1) is 19.1. The molecular formula is C28H37ClN4O7. The minimum absolute atomic E-state index is 0.0114. The van der Waals surface area contributed by atoms with Crippen LogP contribution in [0.2, 0.25) is 5.02 Å². The van der Waals surface area contributed by atoms with Crippen molar-refractivity contribution in [2.24, 2.45) is 5.92 Å². The fraction of sp³-hybridized carbons (Fsp3) is 0.607. The fourth-order valence-electron chi connectivity index (χ4n) is 5.51. The Hall–Kier alpha value is -3.18. The summed E-state index contributed by atoms with van der Waals surface area (Å²) in [7, 11) is 0. The van der Waals surface area contributed by atoms with Crippen LogP contribution in [0.5, 0.6) is 0 Å². The third-order valence-corrected chi connectivity index (χ3v) is 7.92. The number of carbonyl (C=O) groups is 5. The monoisotopic (exact) mass is 576 g/mol. The highest BCUT2D eigenvalue weighted by Gasteiger charge is 2.41. The van der Waals surface area contributed by atoms with Gasteiger partial charge < -0.3 is 30.3 Å². The van der Waals surface area contributed by atoms with Crippen LogP contribution in [0.25, 0.3) is 0 Å². The van der Waals surface area contributed by atoms with Crippen LogP contribution in [0, 0.1) is 5.92 Å². The normalized spacial score (nSPS) is 23.8. The van der Waals surface area contributed by atoms with E-state index in [-0.39, 0.29) is 28.8 Å². The summed E-state index contributed by atoms with van der Waals surface area (Å²) in [4.78, 5) is 64.0. The number of cyclic esters (lactones) is 1.